The molecule has 2 N–H and O–H groups in total. The van der Waals surface area contributed by atoms with Crippen LogP contribution in [0.3, 0.4) is 0 Å². The minimum atomic E-state index is -2.89. The molecule has 0 amide bonds. The molecule has 0 saturated heterocycles. The third kappa shape index (κ3) is 3.70. The Morgan fingerprint density at radius 3 is 2.67 bits per heavy atom. The Bertz CT molecular complexity index is 413. The van der Waals surface area contributed by atoms with Crippen LogP contribution in [0.2, 0.25) is 0 Å². The minimum absolute atomic E-state index is 0.0365. The molecule has 1 rings (SSSR count). The van der Waals surface area contributed by atoms with Crippen LogP contribution in [0.1, 0.15) is 18.9 Å². The van der Waals surface area contributed by atoms with Crippen molar-refractivity contribution in [3.63, 3.8) is 0 Å². The van der Waals surface area contributed by atoms with Crippen molar-refractivity contribution in [2.75, 3.05) is 13.7 Å². The Hall–Kier alpha value is -1.62. The Morgan fingerprint density at radius 1 is 1.44 bits per heavy atom. The maximum atomic E-state index is 12.4. The fourth-order valence-corrected chi connectivity index (χ4v) is 1.55. The normalized spacial score (nSPS) is 11.8. The van der Waals surface area contributed by atoms with E-state index in [1.807, 2.05) is 6.92 Å². The Labute approximate surface area is 105 Å². The second-order valence-electron chi connectivity index (χ2n) is 3.62. The van der Waals surface area contributed by atoms with Gasteiger partial charge in [0.2, 0.25) is 0 Å². The molecule has 0 aliphatic heterocycles. The van der Waals surface area contributed by atoms with Crippen LogP contribution in [-0.2, 0) is 0 Å². The molecule has 0 aliphatic carbocycles. The highest BCUT2D eigenvalue weighted by Gasteiger charge is 2.14. The first-order chi connectivity index (χ1) is 8.62. The van der Waals surface area contributed by atoms with Gasteiger partial charge in [0.25, 0.3) is 0 Å². The molecule has 3 nitrogen and oxygen atoms in total. The summed E-state index contributed by atoms with van der Waals surface area (Å²) in [6.45, 7) is -0.565. The van der Waals surface area contributed by atoms with Crippen LogP contribution in [0.25, 0.3) is 6.08 Å². The van der Waals surface area contributed by atoms with Crippen LogP contribution < -0.4 is 15.2 Å². The Morgan fingerprint density at radius 2 is 2.17 bits per heavy atom. The molecule has 100 valence electrons. The molecule has 0 radical (unpaired) electrons. The summed E-state index contributed by atoms with van der Waals surface area (Å²) < 4.78 is 34.3. The standard InChI is InChI=1S/C13H17F2NO2/c1-3-9(8-16)7-10-5-4-6-11(17-2)12(10)18-13(14)15/h4-7,13H,3,8,16H2,1-2H3. The molecule has 0 atom stereocenters. The van der Waals surface area contributed by atoms with Crippen LogP contribution in [0.15, 0.2) is 23.8 Å². The number of alkyl halides is 2. The third-order valence-corrected chi connectivity index (χ3v) is 2.51. The number of benzene rings is 1. The highest BCUT2D eigenvalue weighted by atomic mass is 19.3. The van der Waals surface area contributed by atoms with Crippen molar-refractivity contribution in [3.8, 4) is 11.5 Å². The van der Waals surface area contributed by atoms with E-state index < -0.39 is 6.61 Å². The lowest BCUT2D eigenvalue weighted by Gasteiger charge is -2.13. The van der Waals surface area contributed by atoms with Gasteiger partial charge in [-0.3, -0.25) is 0 Å². The van der Waals surface area contributed by atoms with Gasteiger partial charge in [-0.05, 0) is 12.5 Å². The van der Waals surface area contributed by atoms with E-state index in [0.29, 0.717) is 12.1 Å². The fraction of sp³-hybridized carbons (Fsp3) is 0.385. The average molecular weight is 257 g/mol. The predicted molar refractivity (Wildman–Crippen MR) is 66.9 cm³/mol. The predicted octanol–water partition coefficient (Wildman–Crippen LogP) is 3.05. The number of nitrogens with two attached hydrogens (primary N) is 1. The molecule has 0 saturated carbocycles. The van der Waals surface area contributed by atoms with E-state index in [0.717, 1.165) is 12.0 Å². The first-order valence-electron chi connectivity index (χ1n) is 5.63. The zero-order valence-corrected chi connectivity index (χ0v) is 10.5. The average Bonchev–Trinajstić information content (AvgIpc) is 2.36. The molecule has 0 fully saturated rings. The van der Waals surface area contributed by atoms with Crippen LogP contribution in [-0.4, -0.2) is 20.3 Å². The molecule has 0 unspecified atom stereocenters. The van der Waals surface area contributed by atoms with Crippen LogP contribution in [0, 0.1) is 0 Å². The topological polar surface area (TPSA) is 44.5 Å². The first-order valence-corrected chi connectivity index (χ1v) is 5.63. The van der Waals surface area contributed by atoms with E-state index in [9.17, 15) is 8.78 Å². The summed E-state index contributed by atoms with van der Waals surface area (Å²) in [5.74, 6) is 0.311. The summed E-state index contributed by atoms with van der Waals surface area (Å²) >= 11 is 0. The molecule has 0 aromatic heterocycles. The van der Waals surface area contributed by atoms with E-state index in [1.165, 1.54) is 7.11 Å². The minimum Gasteiger partial charge on any atom is -0.493 e. The molecule has 0 aliphatic rings. The van der Waals surface area contributed by atoms with Gasteiger partial charge in [-0.1, -0.05) is 30.7 Å². The van der Waals surface area contributed by atoms with Crippen molar-refractivity contribution < 1.29 is 18.3 Å². The number of hydrogen-bond acceptors (Lipinski definition) is 3. The molecule has 1 aromatic rings. The van der Waals surface area contributed by atoms with Gasteiger partial charge in [-0.25, -0.2) is 0 Å². The summed E-state index contributed by atoms with van der Waals surface area (Å²) in [4.78, 5) is 0. The highest BCUT2D eigenvalue weighted by molar-refractivity contribution is 5.64. The van der Waals surface area contributed by atoms with E-state index in [2.05, 4.69) is 4.74 Å². The lowest BCUT2D eigenvalue weighted by Crippen LogP contribution is -2.06. The summed E-state index contributed by atoms with van der Waals surface area (Å²) in [7, 11) is 1.41. The maximum Gasteiger partial charge on any atom is 0.387 e. The Balaban J connectivity index is 3.21. The smallest absolute Gasteiger partial charge is 0.387 e. The van der Waals surface area contributed by atoms with E-state index in [1.54, 1.807) is 24.3 Å². The SMILES string of the molecule is CCC(=Cc1cccc(OC)c1OC(F)F)CN. The molecule has 0 bridgehead atoms. The summed E-state index contributed by atoms with van der Waals surface area (Å²) in [5.41, 5.74) is 7.05. The lowest BCUT2D eigenvalue weighted by molar-refractivity contribution is -0.0513. The number of ether oxygens (including phenoxy) is 2. The number of para-hydroxylation sites is 1. The largest absolute Gasteiger partial charge is 0.493 e. The Kier molecular flexibility index (Phi) is 5.58. The third-order valence-electron chi connectivity index (χ3n) is 2.51. The van der Waals surface area contributed by atoms with Gasteiger partial charge in [0.05, 0.1) is 7.11 Å². The van der Waals surface area contributed by atoms with Crippen molar-refractivity contribution in [2.45, 2.75) is 20.0 Å². The fourth-order valence-electron chi connectivity index (χ4n) is 1.55. The molecule has 18 heavy (non-hydrogen) atoms. The van der Waals surface area contributed by atoms with Crippen molar-refractivity contribution in [2.24, 2.45) is 5.73 Å². The molecule has 5 heteroatoms. The number of rotatable bonds is 6. The van der Waals surface area contributed by atoms with Crippen molar-refractivity contribution in [1.29, 1.82) is 0 Å². The second kappa shape index (κ2) is 6.96. The molecule has 1 aromatic carbocycles. The van der Waals surface area contributed by atoms with Gasteiger partial charge in [-0.15, -0.1) is 0 Å². The van der Waals surface area contributed by atoms with Gasteiger partial charge >= 0.3 is 6.61 Å². The summed E-state index contributed by atoms with van der Waals surface area (Å²) in [6.07, 6.45) is 2.50. The number of methoxy groups -OCH3 is 1. The quantitative estimate of drug-likeness (QED) is 0.851. The first kappa shape index (κ1) is 14.4. The van der Waals surface area contributed by atoms with Crippen molar-refractivity contribution in [1.82, 2.24) is 0 Å². The van der Waals surface area contributed by atoms with E-state index >= 15 is 0 Å². The van der Waals surface area contributed by atoms with E-state index in [4.69, 9.17) is 10.5 Å². The van der Waals surface area contributed by atoms with Gasteiger partial charge < -0.3 is 15.2 Å². The van der Waals surface area contributed by atoms with Gasteiger partial charge in [0.15, 0.2) is 11.5 Å². The summed E-state index contributed by atoms with van der Waals surface area (Å²) in [5, 5.41) is 0. The monoisotopic (exact) mass is 257 g/mol. The van der Waals surface area contributed by atoms with Crippen molar-refractivity contribution in [3.05, 3.63) is 29.3 Å². The van der Waals surface area contributed by atoms with Gasteiger partial charge in [0, 0.05) is 12.1 Å². The van der Waals surface area contributed by atoms with Crippen LogP contribution in [0.5, 0.6) is 11.5 Å². The van der Waals surface area contributed by atoms with Crippen LogP contribution in [0.4, 0.5) is 8.78 Å². The highest BCUT2D eigenvalue weighted by Crippen LogP contribution is 2.33. The van der Waals surface area contributed by atoms with Gasteiger partial charge in [0.1, 0.15) is 0 Å². The zero-order chi connectivity index (χ0) is 13.5. The summed E-state index contributed by atoms with van der Waals surface area (Å²) in [6, 6.07) is 4.97. The van der Waals surface area contributed by atoms with Crippen molar-refractivity contribution >= 4 is 6.08 Å². The molecular formula is C13H17F2NO2. The number of halogens is 2. The second-order valence-corrected chi connectivity index (χ2v) is 3.62. The van der Waals surface area contributed by atoms with Crippen LogP contribution >= 0.6 is 0 Å². The molecular weight excluding hydrogens is 240 g/mol. The lowest BCUT2D eigenvalue weighted by atomic mass is 10.1. The zero-order valence-electron chi connectivity index (χ0n) is 10.5. The maximum absolute atomic E-state index is 12.4. The van der Waals surface area contributed by atoms with Gasteiger partial charge in [-0.2, -0.15) is 8.78 Å². The van der Waals surface area contributed by atoms with E-state index in [-0.39, 0.29) is 11.5 Å². The number of hydrogen-bond donors (Lipinski definition) is 1. The molecule has 0 heterocycles. The molecule has 0 spiro atoms.